The van der Waals surface area contributed by atoms with Crippen LogP contribution in [0, 0.1) is 11.8 Å². The van der Waals surface area contributed by atoms with Gasteiger partial charge in [-0.3, -0.25) is 9.59 Å². The molecule has 0 fully saturated rings. The molecule has 0 aromatic carbocycles. The summed E-state index contributed by atoms with van der Waals surface area (Å²) < 4.78 is 0. The van der Waals surface area contributed by atoms with Crippen LogP contribution in [0.25, 0.3) is 0 Å². The summed E-state index contributed by atoms with van der Waals surface area (Å²) in [5.74, 6) is -1.94. The minimum atomic E-state index is -0.876. The predicted molar refractivity (Wildman–Crippen MR) is 78.6 cm³/mol. The van der Waals surface area contributed by atoms with E-state index in [2.05, 4.69) is 0 Å². The highest BCUT2D eigenvalue weighted by atomic mass is 32.1. The summed E-state index contributed by atoms with van der Waals surface area (Å²) in [4.78, 5) is 26.5. The molecule has 1 aliphatic carbocycles. The molecule has 108 valence electrons. The molecular weight excluding hydrogens is 274 g/mol. The molecule has 1 amide bonds. The second kappa shape index (κ2) is 6.70. The van der Waals surface area contributed by atoms with Crippen LogP contribution in [-0.4, -0.2) is 35.5 Å². The predicted octanol–water partition coefficient (Wildman–Crippen LogP) is 2.42. The fourth-order valence-corrected chi connectivity index (χ4v) is 3.18. The van der Waals surface area contributed by atoms with Gasteiger partial charge in [0.05, 0.1) is 11.8 Å². The molecule has 4 nitrogen and oxygen atoms in total. The van der Waals surface area contributed by atoms with Crippen LogP contribution in [0.5, 0.6) is 0 Å². The van der Waals surface area contributed by atoms with E-state index in [1.54, 1.807) is 23.3 Å². The number of rotatable bonds is 5. The first kappa shape index (κ1) is 14.8. The molecule has 2 rings (SSSR count). The number of hydrogen-bond donors (Lipinski definition) is 1. The summed E-state index contributed by atoms with van der Waals surface area (Å²) in [5.41, 5.74) is 0. The van der Waals surface area contributed by atoms with Crippen LogP contribution in [-0.2, 0) is 16.0 Å². The lowest BCUT2D eigenvalue weighted by Crippen LogP contribution is -2.40. The van der Waals surface area contributed by atoms with Crippen molar-refractivity contribution in [3.05, 3.63) is 34.5 Å². The van der Waals surface area contributed by atoms with Gasteiger partial charge in [0.1, 0.15) is 0 Å². The number of carbonyl (C=O) groups is 2. The summed E-state index contributed by atoms with van der Waals surface area (Å²) in [5, 5.41) is 11.2. The standard InChI is InChI=1S/C15H19NO3S/c1-16(9-8-11-5-4-10-20-11)14(17)12-6-2-3-7-13(12)15(18)19/h2-5,10,12-13H,6-9H2,1H3,(H,18,19). The molecule has 0 saturated heterocycles. The number of hydrogen-bond acceptors (Lipinski definition) is 3. The van der Waals surface area contributed by atoms with E-state index < -0.39 is 17.8 Å². The van der Waals surface area contributed by atoms with E-state index in [9.17, 15) is 14.7 Å². The van der Waals surface area contributed by atoms with E-state index in [0.717, 1.165) is 6.42 Å². The van der Waals surface area contributed by atoms with Gasteiger partial charge in [-0.05, 0) is 30.7 Å². The summed E-state index contributed by atoms with van der Waals surface area (Å²) in [6, 6.07) is 4.04. The van der Waals surface area contributed by atoms with Crippen LogP contribution in [0.2, 0.25) is 0 Å². The van der Waals surface area contributed by atoms with Crippen LogP contribution >= 0.6 is 11.3 Å². The fraction of sp³-hybridized carbons (Fsp3) is 0.467. The Morgan fingerprint density at radius 2 is 2.05 bits per heavy atom. The average molecular weight is 293 g/mol. The van der Waals surface area contributed by atoms with Crippen molar-refractivity contribution in [2.24, 2.45) is 11.8 Å². The van der Waals surface area contributed by atoms with E-state index in [1.807, 2.05) is 29.7 Å². The third-order valence-electron chi connectivity index (χ3n) is 3.72. The van der Waals surface area contributed by atoms with Gasteiger partial charge >= 0.3 is 5.97 Å². The first-order chi connectivity index (χ1) is 9.59. The van der Waals surface area contributed by atoms with Crippen molar-refractivity contribution in [3.63, 3.8) is 0 Å². The Labute approximate surface area is 122 Å². The zero-order valence-electron chi connectivity index (χ0n) is 11.5. The van der Waals surface area contributed by atoms with Crippen molar-refractivity contribution in [2.75, 3.05) is 13.6 Å². The number of carboxylic acids is 1. The van der Waals surface area contributed by atoms with Gasteiger partial charge in [0.2, 0.25) is 5.91 Å². The molecule has 20 heavy (non-hydrogen) atoms. The lowest BCUT2D eigenvalue weighted by molar-refractivity contribution is -0.150. The number of thiophene rings is 1. The van der Waals surface area contributed by atoms with E-state index in [4.69, 9.17) is 0 Å². The number of amides is 1. The van der Waals surface area contributed by atoms with E-state index in [-0.39, 0.29) is 5.91 Å². The zero-order valence-corrected chi connectivity index (χ0v) is 12.3. The molecule has 1 aromatic rings. The van der Waals surface area contributed by atoms with E-state index in [1.165, 1.54) is 4.88 Å². The first-order valence-electron chi connectivity index (χ1n) is 6.74. The van der Waals surface area contributed by atoms with Crippen LogP contribution in [0.3, 0.4) is 0 Å². The van der Waals surface area contributed by atoms with Gasteiger partial charge < -0.3 is 10.0 Å². The Hall–Kier alpha value is -1.62. The van der Waals surface area contributed by atoms with E-state index >= 15 is 0 Å². The molecule has 0 saturated carbocycles. The number of aliphatic carboxylic acids is 1. The van der Waals surface area contributed by atoms with Gasteiger partial charge in [0.25, 0.3) is 0 Å². The minimum Gasteiger partial charge on any atom is -0.481 e. The fourth-order valence-electron chi connectivity index (χ4n) is 2.49. The Morgan fingerprint density at radius 1 is 1.35 bits per heavy atom. The van der Waals surface area contributed by atoms with Crippen molar-refractivity contribution >= 4 is 23.2 Å². The molecule has 1 aliphatic rings. The molecule has 0 spiro atoms. The highest BCUT2D eigenvalue weighted by Crippen LogP contribution is 2.27. The number of nitrogens with zero attached hydrogens (tertiary/aromatic N) is 1. The quantitative estimate of drug-likeness (QED) is 0.848. The maximum absolute atomic E-state index is 12.4. The normalized spacial score (nSPS) is 21.6. The summed E-state index contributed by atoms with van der Waals surface area (Å²) in [6.45, 7) is 0.631. The largest absolute Gasteiger partial charge is 0.481 e. The van der Waals surface area contributed by atoms with E-state index in [0.29, 0.717) is 19.4 Å². The summed E-state index contributed by atoms with van der Waals surface area (Å²) >= 11 is 1.67. The van der Waals surface area contributed by atoms with Crippen LogP contribution in [0.1, 0.15) is 17.7 Å². The Morgan fingerprint density at radius 3 is 2.65 bits per heavy atom. The van der Waals surface area contributed by atoms with Crippen LogP contribution in [0.4, 0.5) is 0 Å². The third-order valence-corrected chi connectivity index (χ3v) is 4.65. The van der Waals surface area contributed by atoms with Gasteiger partial charge in [-0.25, -0.2) is 0 Å². The van der Waals surface area contributed by atoms with Crippen LogP contribution < -0.4 is 0 Å². The average Bonchev–Trinajstić information content (AvgIpc) is 2.97. The summed E-state index contributed by atoms with van der Waals surface area (Å²) in [7, 11) is 1.76. The second-order valence-electron chi connectivity index (χ2n) is 5.08. The zero-order chi connectivity index (χ0) is 14.5. The molecular formula is C15H19NO3S. The highest BCUT2D eigenvalue weighted by Gasteiger charge is 2.35. The molecule has 0 bridgehead atoms. The first-order valence-corrected chi connectivity index (χ1v) is 7.62. The van der Waals surface area contributed by atoms with Crippen molar-refractivity contribution in [1.29, 1.82) is 0 Å². The molecule has 1 heterocycles. The molecule has 0 aliphatic heterocycles. The Kier molecular flexibility index (Phi) is 4.95. The van der Waals surface area contributed by atoms with Crippen molar-refractivity contribution < 1.29 is 14.7 Å². The number of carboxylic acid groups (broad SMARTS) is 1. The third kappa shape index (κ3) is 3.48. The van der Waals surface area contributed by atoms with Gasteiger partial charge in [0, 0.05) is 18.5 Å². The molecule has 2 atom stereocenters. The smallest absolute Gasteiger partial charge is 0.307 e. The molecule has 5 heteroatoms. The van der Waals surface area contributed by atoms with Gasteiger partial charge in [-0.15, -0.1) is 11.3 Å². The lowest BCUT2D eigenvalue weighted by Gasteiger charge is -2.28. The number of allylic oxidation sites excluding steroid dienone is 2. The molecule has 2 unspecified atom stereocenters. The minimum absolute atomic E-state index is 0.0571. The van der Waals surface area contributed by atoms with Crippen molar-refractivity contribution in [1.82, 2.24) is 4.90 Å². The second-order valence-corrected chi connectivity index (χ2v) is 6.12. The van der Waals surface area contributed by atoms with Gasteiger partial charge in [-0.2, -0.15) is 0 Å². The van der Waals surface area contributed by atoms with Crippen LogP contribution in [0.15, 0.2) is 29.7 Å². The Bertz CT molecular complexity index is 495. The van der Waals surface area contributed by atoms with Gasteiger partial charge in [0.15, 0.2) is 0 Å². The number of likely N-dealkylation sites (N-methyl/N-ethyl adjacent to an activating group) is 1. The maximum atomic E-state index is 12.4. The lowest BCUT2D eigenvalue weighted by atomic mass is 9.82. The van der Waals surface area contributed by atoms with Crippen molar-refractivity contribution in [3.8, 4) is 0 Å². The molecule has 0 radical (unpaired) electrons. The Balaban J connectivity index is 1.94. The summed E-state index contributed by atoms with van der Waals surface area (Å²) in [6.07, 6.45) is 5.56. The molecule has 1 N–H and O–H groups in total. The van der Waals surface area contributed by atoms with Crippen molar-refractivity contribution in [2.45, 2.75) is 19.3 Å². The molecule has 1 aromatic heterocycles. The topological polar surface area (TPSA) is 57.6 Å². The number of carbonyl (C=O) groups excluding carboxylic acids is 1. The maximum Gasteiger partial charge on any atom is 0.307 e. The monoisotopic (exact) mass is 293 g/mol. The SMILES string of the molecule is CN(CCc1cccs1)C(=O)C1CC=CCC1C(=O)O. The highest BCUT2D eigenvalue weighted by molar-refractivity contribution is 7.09. The van der Waals surface area contributed by atoms with Gasteiger partial charge in [-0.1, -0.05) is 18.2 Å².